The standard InChI is InChI=1S/C31H42FN5O/c1-7-17-35(23-33-5)29-16-10-13-26(20-30(29)38-6)19-27-14-11-18-36-31(27)34-21-24(3)22-37(36)28(8-2)15-9-12-25(4)32/h7-10,13,15,17,19-20,23-24H,4,11-12,14,16,18,21-22H2,1-3,5-6H3/b15-9?,17-7+,27-19+,28-8+,33-23?. The molecule has 1 aliphatic carbocycles. The molecule has 0 aromatic rings. The first-order chi connectivity index (χ1) is 18.4. The molecule has 0 N–H and O–H groups in total. The van der Waals surface area contributed by atoms with Crippen LogP contribution in [0.5, 0.6) is 0 Å². The number of allylic oxidation sites excluding steroid dienone is 10. The van der Waals surface area contributed by atoms with E-state index in [0.717, 1.165) is 67.5 Å². The molecule has 2 heterocycles. The molecule has 0 radical (unpaired) electrons. The molecule has 1 unspecified atom stereocenters. The van der Waals surface area contributed by atoms with E-state index in [9.17, 15) is 4.39 Å². The number of piperidine rings is 1. The summed E-state index contributed by atoms with van der Waals surface area (Å²) < 4.78 is 19.1. The predicted molar refractivity (Wildman–Crippen MR) is 157 cm³/mol. The van der Waals surface area contributed by atoms with Gasteiger partial charge in [0, 0.05) is 45.7 Å². The fourth-order valence-electron chi connectivity index (χ4n) is 4.81. The van der Waals surface area contributed by atoms with Gasteiger partial charge in [-0.15, -0.1) is 0 Å². The van der Waals surface area contributed by atoms with Crippen LogP contribution in [-0.4, -0.2) is 60.9 Å². The van der Waals surface area contributed by atoms with Crippen LogP contribution in [-0.2, 0) is 4.74 Å². The highest BCUT2D eigenvalue weighted by Gasteiger charge is 2.30. The first-order valence-electron chi connectivity index (χ1n) is 13.4. The van der Waals surface area contributed by atoms with Gasteiger partial charge in [-0.1, -0.05) is 43.9 Å². The van der Waals surface area contributed by atoms with Crippen molar-refractivity contribution in [1.82, 2.24) is 14.9 Å². The van der Waals surface area contributed by atoms with Gasteiger partial charge in [0.05, 0.1) is 30.7 Å². The number of amidine groups is 1. The highest BCUT2D eigenvalue weighted by Crippen LogP contribution is 2.29. The molecule has 204 valence electrons. The minimum atomic E-state index is -0.334. The van der Waals surface area contributed by atoms with Crippen molar-refractivity contribution in [2.45, 2.75) is 46.5 Å². The molecule has 1 fully saturated rings. The number of hydrogen-bond acceptors (Lipinski definition) is 5. The minimum absolute atomic E-state index is 0.222. The second-order valence-corrected chi connectivity index (χ2v) is 9.61. The smallest absolute Gasteiger partial charge is 0.145 e. The lowest BCUT2D eigenvalue weighted by atomic mass is 10.0. The van der Waals surface area contributed by atoms with Crippen molar-refractivity contribution in [2.75, 3.05) is 33.8 Å². The maximum atomic E-state index is 13.2. The largest absolute Gasteiger partial charge is 0.495 e. The van der Waals surface area contributed by atoms with Gasteiger partial charge < -0.3 is 9.64 Å². The Bertz CT molecular complexity index is 1120. The Morgan fingerprint density at radius 3 is 2.87 bits per heavy atom. The predicted octanol–water partition coefficient (Wildman–Crippen LogP) is 6.85. The third-order valence-electron chi connectivity index (χ3n) is 6.52. The van der Waals surface area contributed by atoms with Crippen molar-refractivity contribution in [1.29, 1.82) is 0 Å². The van der Waals surface area contributed by atoms with Crippen molar-refractivity contribution < 1.29 is 9.13 Å². The van der Waals surface area contributed by atoms with E-state index in [1.54, 1.807) is 20.5 Å². The summed E-state index contributed by atoms with van der Waals surface area (Å²) in [6, 6.07) is 0. The Hall–Kier alpha value is -3.61. The van der Waals surface area contributed by atoms with E-state index >= 15 is 0 Å². The van der Waals surface area contributed by atoms with E-state index in [4.69, 9.17) is 9.73 Å². The zero-order valence-electron chi connectivity index (χ0n) is 23.5. The summed E-state index contributed by atoms with van der Waals surface area (Å²) in [5.41, 5.74) is 4.35. The molecular formula is C31H42FN5O. The summed E-state index contributed by atoms with van der Waals surface area (Å²) in [6.45, 7) is 12.1. The highest BCUT2D eigenvalue weighted by molar-refractivity contribution is 5.99. The zero-order chi connectivity index (χ0) is 27.5. The molecule has 0 bridgehead atoms. The van der Waals surface area contributed by atoms with Gasteiger partial charge in [0.2, 0.25) is 0 Å². The van der Waals surface area contributed by atoms with E-state index in [1.807, 2.05) is 43.2 Å². The second kappa shape index (κ2) is 14.4. The van der Waals surface area contributed by atoms with Gasteiger partial charge in [0.1, 0.15) is 11.6 Å². The van der Waals surface area contributed by atoms with Crippen molar-refractivity contribution >= 4 is 12.2 Å². The highest BCUT2D eigenvalue weighted by atomic mass is 19.1. The minimum Gasteiger partial charge on any atom is -0.495 e. The SMILES string of the molecule is C=C(F)CC=C/C(=C\C)N1CC(C)CN=C2/C(=C/C3=CC(OC)=C(N(C=NC)/C=C/C)CC=C3)CCCN21. The van der Waals surface area contributed by atoms with Crippen molar-refractivity contribution in [2.24, 2.45) is 15.9 Å². The lowest BCUT2D eigenvalue weighted by Crippen LogP contribution is -2.49. The van der Waals surface area contributed by atoms with E-state index in [0.29, 0.717) is 5.92 Å². The van der Waals surface area contributed by atoms with Crippen LogP contribution in [0.3, 0.4) is 0 Å². The Labute approximate surface area is 227 Å². The van der Waals surface area contributed by atoms with Crippen molar-refractivity contribution in [3.8, 4) is 0 Å². The van der Waals surface area contributed by atoms with Crippen LogP contribution < -0.4 is 0 Å². The number of hydrogen-bond donors (Lipinski definition) is 0. The number of rotatable bonds is 9. The average Bonchev–Trinajstić information content (AvgIpc) is 3.20. The van der Waals surface area contributed by atoms with Crippen molar-refractivity contribution in [3.05, 3.63) is 95.5 Å². The summed E-state index contributed by atoms with van der Waals surface area (Å²) in [7, 11) is 3.47. The molecule has 1 saturated heterocycles. The van der Waals surface area contributed by atoms with Crippen LogP contribution in [0.2, 0.25) is 0 Å². The van der Waals surface area contributed by atoms with Gasteiger partial charge in [-0.25, -0.2) is 4.39 Å². The molecule has 0 aromatic heterocycles. The monoisotopic (exact) mass is 519 g/mol. The average molecular weight is 520 g/mol. The first-order valence-corrected chi connectivity index (χ1v) is 13.4. The van der Waals surface area contributed by atoms with Crippen LogP contribution >= 0.6 is 0 Å². The van der Waals surface area contributed by atoms with Crippen LogP contribution in [0.15, 0.2) is 105 Å². The molecule has 0 saturated carbocycles. The molecule has 3 aliphatic rings. The number of nitrogens with zero attached hydrogens (tertiary/aromatic N) is 5. The fourth-order valence-corrected chi connectivity index (χ4v) is 4.81. The number of aliphatic imine (C=N–C) groups is 2. The van der Waals surface area contributed by atoms with Gasteiger partial charge in [-0.3, -0.25) is 20.0 Å². The van der Waals surface area contributed by atoms with Crippen molar-refractivity contribution in [3.63, 3.8) is 0 Å². The fraction of sp³-hybridized carbons (Fsp3) is 0.419. The Morgan fingerprint density at radius 1 is 1.37 bits per heavy atom. The summed E-state index contributed by atoms with van der Waals surface area (Å²) in [4.78, 5) is 11.3. The molecule has 6 nitrogen and oxygen atoms in total. The lowest BCUT2D eigenvalue weighted by molar-refractivity contribution is 0.0764. The molecule has 7 heteroatoms. The second-order valence-electron chi connectivity index (χ2n) is 9.61. The van der Waals surface area contributed by atoms with Crippen LogP contribution in [0.4, 0.5) is 4.39 Å². The van der Waals surface area contributed by atoms with Gasteiger partial charge in [0.25, 0.3) is 0 Å². The number of methoxy groups -OCH3 is 1. The molecular weight excluding hydrogens is 477 g/mol. The van der Waals surface area contributed by atoms with Gasteiger partial charge in [0.15, 0.2) is 0 Å². The molecule has 1 atom stereocenters. The molecule has 3 rings (SSSR count). The molecule has 0 spiro atoms. The van der Waals surface area contributed by atoms with E-state index in [2.05, 4.69) is 58.9 Å². The number of halogens is 1. The third-order valence-corrected chi connectivity index (χ3v) is 6.52. The Morgan fingerprint density at radius 2 is 2.18 bits per heavy atom. The Balaban J connectivity index is 1.98. The third kappa shape index (κ3) is 7.46. The summed E-state index contributed by atoms with van der Waals surface area (Å²) in [5.74, 6) is 1.87. The lowest BCUT2D eigenvalue weighted by Gasteiger charge is -2.41. The zero-order valence-corrected chi connectivity index (χ0v) is 23.5. The van der Waals surface area contributed by atoms with E-state index in [-0.39, 0.29) is 12.2 Å². The maximum Gasteiger partial charge on any atom is 0.145 e. The molecule has 2 aliphatic heterocycles. The number of fused-ring (bicyclic) bond motifs is 1. The topological polar surface area (TPSA) is 43.7 Å². The maximum absolute atomic E-state index is 13.2. The quantitative estimate of drug-likeness (QED) is 0.190. The summed E-state index contributed by atoms with van der Waals surface area (Å²) in [6.07, 6.45) is 23.2. The Kier molecular flexibility index (Phi) is 10.9. The summed E-state index contributed by atoms with van der Waals surface area (Å²) >= 11 is 0. The molecule has 0 amide bonds. The van der Waals surface area contributed by atoms with Crippen LogP contribution in [0.25, 0.3) is 0 Å². The number of hydrazine groups is 1. The van der Waals surface area contributed by atoms with E-state index < -0.39 is 0 Å². The van der Waals surface area contributed by atoms with Crippen LogP contribution in [0.1, 0.15) is 46.5 Å². The van der Waals surface area contributed by atoms with E-state index in [1.165, 1.54) is 5.57 Å². The summed E-state index contributed by atoms with van der Waals surface area (Å²) in [5, 5.41) is 4.60. The van der Waals surface area contributed by atoms with Gasteiger partial charge >= 0.3 is 0 Å². The van der Waals surface area contributed by atoms with Crippen LogP contribution in [0, 0.1) is 5.92 Å². The first kappa shape index (κ1) is 29.0. The van der Waals surface area contributed by atoms with Gasteiger partial charge in [-0.05, 0) is 62.0 Å². The normalized spacial score (nSPS) is 22.2. The number of ether oxygens (including phenoxy) is 1. The molecule has 38 heavy (non-hydrogen) atoms. The van der Waals surface area contributed by atoms with Gasteiger partial charge in [-0.2, -0.15) is 0 Å². The molecule has 0 aromatic carbocycles.